The number of benzene rings is 4. The van der Waals surface area contributed by atoms with Gasteiger partial charge in [0.15, 0.2) is 0 Å². The molecule has 6 nitrogen and oxygen atoms in total. The van der Waals surface area contributed by atoms with Gasteiger partial charge in [-0.1, -0.05) is 78.9 Å². The van der Waals surface area contributed by atoms with Gasteiger partial charge in [-0.25, -0.2) is 4.79 Å². The standard InChI is InChI=1S/C36H30F3N3O3/c37-36(38,39)32-16-14-30(15-17-32)29-10-12-31(13-11-29)34(43)41-33(35(44)45)24-42(23-26-18-20-40-21-19-26)22-25-6-8-28(9-7-25)27-4-2-1-3-5-27/h1-21,33H,22-24H2,(H,41,43)(H,44,45)/t33-/m0/s1. The predicted molar refractivity (Wildman–Crippen MR) is 166 cm³/mol. The quantitative estimate of drug-likeness (QED) is 0.164. The van der Waals surface area contributed by atoms with Crippen molar-refractivity contribution in [3.05, 3.63) is 150 Å². The van der Waals surface area contributed by atoms with Crippen molar-refractivity contribution in [3.8, 4) is 22.3 Å². The van der Waals surface area contributed by atoms with Crippen molar-refractivity contribution in [3.63, 3.8) is 0 Å². The van der Waals surface area contributed by atoms with Gasteiger partial charge in [0, 0.05) is 37.6 Å². The zero-order valence-corrected chi connectivity index (χ0v) is 24.1. The summed E-state index contributed by atoms with van der Waals surface area (Å²) < 4.78 is 38.7. The molecule has 5 aromatic rings. The molecule has 1 heterocycles. The maximum absolute atomic E-state index is 13.1. The third-order valence-corrected chi connectivity index (χ3v) is 7.36. The minimum Gasteiger partial charge on any atom is -0.480 e. The summed E-state index contributed by atoms with van der Waals surface area (Å²) >= 11 is 0. The van der Waals surface area contributed by atoms with Crippen molar-refractivity contribution < 1.29 is 27.9 Å². The number of aliphatic carboxylic acids is 1. The molecule has 0 aliphatic heterocycles. The molecule has 0 fully saturated rings. The summed E-state index contributed by atoms with van der Waals surface area (Å²) in [5, 5.41) is 12.7. The fourth-order valence-electron chi connectivity index (χ4n) is 4.97. The molecular formula is C36H30F3N3O3. The number of halogens is 3. The molecule has 0 bridgehead atoms. The zero-order chi connectivity index (χ0) is 31.8. The Hall–Kier alpha value is -5.28. The van der Waals surface area contributed by atoms with Crippen molar-refractivity contribution in [1.29, 1.82) is 0 Å². The van der Waals surface area contributed by atoms with Crippen molar-refractivity contribution in [2.75, 3.05) is 6.54 Å². The largest absolute Gasteiger partial charge is 0.480 e. The normalized spacial score (nSPS) is 12.1. The van der Waals surface area contributed by atoms with E-state index >= 15 is 0 Å². The number of rotatable bonds is 11. The molecule has 4 aromatic carbocycles. The Bertz CT molecular complexity index is 1710. The molecule has 2 N–H and O–H groups in total. The zero-order valence-electron chi connectivity index (χ0n) is 24.1. The average Bonchev–Trinajstić information content (AvgIpc) is 3.05. The number of aromatic nitrogens is 1. The van der Waals surface area contributed by atoms with Gasteiger partial charge in [-0.2, -0.15) is 13.2 Å². The van der Waals surface area contributed by atoms with Gasteiger partial charge >= 0.3 is 12.1 Å². The van der Waals surface area contributed by atoms with Crippen molar-refractivity contribution in [2.24, 2.45) is 0 Å². The number of alkyl halides is 3. The molecule has 1 amide bonds. The van der Waals surface area contributed by atoms with Crippen LogP contribution in [0.4, 0.5) is 13.2 Å². The van der Waals surface area contributed by atoms with Crippen LogP contribution in [-0.2, 0) is 24.1 Å². The number of carboxylic acids is 1. The van der Waals surface area contributed by atoms with E-state index in [9.17, 15) is 27.9 Å². The Morgan fingerprint density at radius 3 is 1.71 bits per heavy atom. The van der Waals surface area contributed by atoms with Crippen LogP contribution >= 0.6 is 0 Å². The van der Waals surface area contributed by atoms with Crippen LogP contribution in [0.2, 0.25) is 0 Å². The number of amides is 1. The van der Waals surface area contributed by atoms with Crippen LogP contribution in [0.5, 0.6) is 0 Å². The first-order valence-electron chi connectivity index (χ1n) is 14.2. The Kier molecular flexibility index (Phi) is 9.70. The fraction of sp³-hybridized carbons (Fsp3) is 0.139. The van der Waals surface area contributed by atoms with Crippen LogP contribution in [0.3, 0.4) is 0 Å². The van der Waals surface area contributed by atoms with Crippen molar-refractivity contribution >= 4 is 11.9 Å². The predicted octanol–water partition coefficient (Wildman–Crippen LogP) is 7.32. The van der Waals surface area contributed by atoms with E-state index in [-0.39, 0.29) is 12.1 Å². The van der Waals surface area contributed by atoms with E-state index < -0.39 is 29.7 Å². The summed E-state index contributed by atoms with van der Waals surface area (Å²) in [6.07, 6.45) is -1.08. The highest BCUT2D eigenvalue weighted by Gasteiger charge is 2.30. The summed E-state index contributed by atoms with van der Waals surface area (Å²) in [5.41, 5.74) is 4.76. The highest BCUT2D eigenvalue weighted by atomic mass is 19.4. The number of nitrogens with one attached hydrogen (secondary N) is 1. The number of carbonyl (C=O) groups excluding carboxylic acids is 1. The van der Waals surface area contributed by atoms with Gasteiger partial charge in [-0.3, -0.25) is 14.7 Å². The van der Waals surface area contributed by atoms with Crippen LogP contribution in [-0.4, -0.2) is 39.5 Å². The summed E-state index contributed by atoms with van der Waals surface area (Å²) in [7, 11) is 0. The lowest BCUT2D eigenvalue weighted by Crippen LogP contribution is -2.48. The second-order valence-corrected chi connectivity index (χ2v) is 10.6. The molecule has 0 saturated carbocycles. The van der Waals surface area contributed by atoms with Gasteiger partial charge in [0.1, 0.15) is 6.04 Å². The van der Waals surface area contributed by atoms with Gasteiger partial charge in [0.05, 0.1) is 5.56 Å². The second kappa shape index (κ2) is 14.0. The molecule has 1 aromatic heterocycles. The number of nitrogens with zero attached hydrogens (tertiary/aromatic N) is 2. The van der Waals surface area contributed by atoms with Gasteiger partial charge < -0.3 is 10.4 Å². The Morgan fingerprint density at radius 1 is 0.689 bits per heavy atom. The Labute approximate surface area is 258 Å². The monoisotopic (exact) mass is 609 g/mol. The molecule has 0 aliphatic rings. The lowest BCUT2D eigenvalue weighted by molar-refractivity contribution is -0.140. The topological polar surface area (TPSA) is 82.5 Å². The first-order valence-corrected chi connectivity index (χ1v) is 14.2. The molecule has 45 heavy (non-hydrogen) atoms. The molecule has 0 aliphatic carbocycles. The van der Waals surface area contributed by atoms with E-state index in [4.69, 9.17) is 0 Å². The lowest BCUT2D eigenvalue weighted by Gasteiger charge is -2.26. The first kappa shape index (κ1) is 31.2. The fourth-order valence-corrected chi connectivity index (χ4v) is 4.97. The summed E-state index contributed by atoms with van der Waals surface area (Å²) in [6.45, 7) is 0.913. The van der Waals surface area contributed by atoms with Crippen LogP contribution in [0.25, 0.3) is 22.3 Å². The molecule has 0 spiro atoms. The second-order valence-electron chi connectivity index (χ2n) is 10.6. The highest BCUT2D eigenvalue weighted by molar-refractivity contribution is 5.97. The SMILES string of the molecule is O=C(N[C@@H](CN(Cc1ccncc1)Cc1ccc(-c2ccccc2)cc1)C(=O)O)c1ccc(-c2ccc(C(F)(F)F)cc2)cc1. The molecule has 0 unspecified atom stereocenters. The molecule has 9 heteroatoms. The van der Waals surface area contributed by atoms with Crippen LogP contribution in [0, 0.1) is 0 Å². The summed E-state index contributed by atoms with van der Waals surface area (Å²) in [4.78, 5) is 31.4. The van der Waals surface area contributed by atoms with E-state index in [1.165, 1.54) is 24.3 Å². The van der Waals surface area contributed by atoms with Crippen LogP contribution in [0.15, 0.2) is 128 Å². The van der Waals surface area contributed by atoms with Crippen molar-refractivity contribution in [2.45, 2.75) is 25.3 Å². The van der Waals surface area contributed by atoms with E-state index in [2.05, 4.69) is 10.3 Å². The minimum absolute atomic E-state index is 0.0352. The number of pyridine rings is 1. The Balaban J connectivity index is 1.29. The third kappa shape index (κ3) is 8.43. The average molecular weight is 610 g/mol. The van der Waals surface area contributed by atoms with Crippen molar-refractivity contribution in [1.82, 2.24) is 15.2 Å². The molecule has 5 rings (SSSR count). The number of carbonyl (C=O) groups is 2. The molecule has 0 radical (unpaired) electrons. The number of hydrogen-bond acceptors (Lipinski definition) is 4. The van der Waals surface area contributed by atoms with Crippen LogP contribution < -0.4 is 5.32 Å². The maximum Gasteiger partial charge on any atom is 0.416 e. The molecule has 228 valence electrons. The van der Waals surface area contributed by atoms with Gasteiger partial charge in [-0.15, -0.1) is 0 Å². The third-order valence-electron chi connectivity index (χ3n) is 7.36. The van der Waals surface area contributed by atoms with E-state index in [0.29, 0.717) is 24.2 Å². The first-order chi connectivity index (χ1) is 21.7. The minimum atomic E-state index is -4.43. The van der Waals surface area contributed by atoms with Crippen LogP contribution in [0.1, 0.15) is 27.0 Å². The summed E-state index contributed by atoms with van der Waals surface area (Å²) in [5.74, 6) is -1.75. The molecular weight excluding hydrogens is 579 g/mol. The van der Waals surface area contributed by atoms with E-state index in [1.807, 2.05) is 71.6 Å². The number of hydrogen-bond donors (Lipinski definition) is 2. The van der Waals surface area contributed by atoms with E-state index in [0.717, 1.165) is 34.4 Å². The summed E-state index contributed by atoms with van der Waals surface area (Å²) in [6, 6.07) is 31.6. The smallest absolute Gasteiger partial charge is 0.416 e. The van der Waals surface area contributed by atoms with Gasteiger partial charge in [0.25, 0.3) is 5.91 Å². The van der Waals surface area contributed by atoms with Gasteiger partial charge in [0.2, 0.25) is 0 Å². The Morgan fingerprint density at radius 2 is 1.18 bits per heavy atom. The molecule has 1 atom stereocenters. The lowest BCUT2D eigenvalue weighted by atomic mass is 10.0. The molecule has 0 saturated heterocycles. The number of carboxylic acid groups (broad SMARTS) is 1. The van der Waals surface area contributed by atoms with E-state index in [1.54, 1.807) is 24.5 Å². The highest BCUT2D eigenvalue weighted by Crippen LogP contribution is 2.31. The maximum atomic E-state index is 13.1. The van der Waals surface area contributed by atoms with Gasteiger partial charge in [-0.05, 0) is 69.8 Å².